The van der Waals surface area contributed by atoms with Gasteiger partial charge in [-0.1, -0.05) is 34.1 Å². The summed E-state index contributed by atoms with van der Waals surface area (Å²) in [5, 5.41) is 3.30. The number of esters is 1. The van der Waals surface area contributed by atoms with Gasteiger partial charge in [0, 0.05) is 22.4 Å². The Hall–Kier alpha value is -2.01. The van der Waals surface area contributed by atoms with Crippen molar-refractivity contribution in [1.29, 1.82) is 0 Å². The quantitative estimate of drug-likeness (QED) is 0.652. The lowest BCUT2D eigenvalue weighted by molar-refractivity contribution is 0.0602. The highest BCUT2D eigenvalue weighted by atomic mass is 79.9. The molecular formula is C16H17BrN2O2. The first-order valence-corrected chi connectivity index (χ1v) is 7.28. The zero-order chi connectivity index (χ0) is 15.4. The van der Waals surface area contributed by atoms with Crippen molar-refractivity contribution in [3.8, 4) is 0 Å². The first-order valence-electron chi connectivity index (χ1n) is 6.48. The molecule has 0 saturated heterocycles. The van der Waals surface area contributed by atoms with Gasteiger partial charge in [0.1, 0.15) is 0 Å². The van der Waals surface area contributed by atoms with Gasteiger partial charge in [-0.15, -0.1) is 0 Å². The minimum Gasteiger partial charge on any atom is -0.465 e. The normalized spacial score (nSPS) is 10.2. The van der Waals surface area contributed by atoms with Crippen molar-refractivity contribution in [2.75, 3.05) is 18.2 Å². The molecule has 21 heavy (non-hydrogen) atoms. The van der Waals surface area contributed by atoms with Gasteiger partial charge in [0.05, 0.1) is 12.7 Å². The lowest BCUT2D eigenvalue weighted by atomic mass is 10.1. The summed E-state index contributed by atoms with van der Waals surface area (Å²) in [7, 11) is 1.35. The number of rotatable bonds is 4. The number of nitrogens with two attached hydrogens (primary N) is 1. The highest BCUT2D eigenvalue weighted by molar-refractivity contribution is 9.10. The zero-order valence-corrected chi connectivity index (χ0v) is 13.5. The number of methoxy groups -OCH3 is 1. The summed E-state index contributed by atoms with van der Waals surface area (Å²) in [6.07, 6.45) is 0. The molecule has 4 nitrogen and oxygen atoms in total. The molecule has 0 radical (unpaired) electrons. The predicted molar refractivity (Wildman–Crippen MR) is 88.4 cm³/mol. The van der Waals surface area contributed by atoms with E-state index >= 15 is 0 Å². The molecule has 0 amide bonds. The van der Waals surface area contributed by atoms with Gasteiger partial charge in [-0.2, -0.15) is 0 Å². The van der Waals surface area contributed by atoms with E-state index in [0.717, 1.165) is 21.3 Å². The van der Waals surface area contributed by atoms with Crippen LogP contribution in [0.1, 0.15) is 21.5 Å². The van der Waals surface area contributed by atoms with E-state index in [9.17, 15) is 4.79 Å². The van der Waals surface area contributed by atoms with Crippen LogP contribution in [-0.2, 0) is 11.3 Å². The third-order valence-corrected chi connectivity index (χ3v) is 4.01. The number of anilines is 2. The number of nitrogen functional groups attached to an aromatic ring is 1. The molecule has 0 aliphatic rings. The number of hydrogen-bond acceptors (Lipinski definition) is 4. The number of hydrogen-bond donors (Lipinski definition) is 2. The van der Waals surface area contributed by atoms with Crippen molar-refractivity contribution in [2.45, 2.75) is 13.5 Å². The number of aryl methyl sites for hydroxylation is 1. The van der Waals surface area contributed by atoms with E-state index in [-0.39, 0.29) is 0 Å². The first kappa shape index (κ1) is 15.4. The van der Waals surface area contributed by atoms with Crippen LogP contribution in [-0.4, -0.2) is 13.1 Å². The summed E-state index contributed by atoms with van der Waals surface area (Å²) in [6.45, 7) is 2.51. The van der Waals surface area contributed by atoms with E-state index in [1.54, 1.807) is 6.07 Å². The molecule has 110 valence electrons. The van der Waals surface area contributed by atoms with Gasteiger partial charge in [0.25, 0.3) is 0 Å². The Morgan fingerprint density at radius 2 is 2.05 bits per heavy atom. The van der Waals surface area contributed by atoms with Crippen LogP contribution in [0.2, 0.25) is 0 Å². The third kappa shape index (κ3) is 3.55. The number of ether oxygens (including phenoxy) is 1. The van der Waals surface area contributed by atoms with E-state index in [4.69, 9.17) is 10.5 Å². The third-order valence-electron chi connectivity index (χ3n) is 3.23. The zero-order valence-electron chi connectivity index (χ0n) is 11.9. The summed E-state index contributed by atoms with van der Waals surface area (Å²) < 4.78 is 5.79. The lowest BCUT2D eigenvalue weighted by Crippen LogP contribution is -2.09. The Morgan fingerprint density at radius 1 is 1.33 bits per heavy atom. The van der Waals surface area contributed by atoms with Gasteiger partial charge in [-0.25, -0.2) is 4.79 Å². The van der Waals surface area contributed by atoms with Crippen molar-refractivity contribution in [3.05, 3.63) is 57.6 Å². The van der Waals surface area contributed by atoms with Crippen molar-refractivity contribution in [2.24, 2.45) is 0 Å². The van der Waals surface area contributed by atoms with Gasteiger partial charge in [-0.3, -0.25) is 0 Å². The monoisotopic (exact) mass is 348 g/mol. The second-order valence-electron chi connectivity index (χ2n) is 4.69. The highest BCUT2D eigenvalue weighted by Crippen LogP contribution is 2.24. The Bertz CT molecular complexity index is 671. The average molecular weight is 349 g/mol. The molecule has 0 fully saturated rings. The fraction of sp³-hybridized carbons (Fsp3) is 0.188. The number of halogens is 1. The van der Waals surface area contributed by atoms with Gasteiger partial charge in [0.2, 0.25) is 0 Å². The van der Waals surface area contributed by atoms with Crippen LogP contribution in [0.15, 0.2) is 40.9 Å². The molecule has 2 aromatic rings. The van der Waals surface area contributed by atoms with Crippen LogP contribution in [0.25, 0.3) is 0 Å². The second-order valence-corrected chi connectivity index (χ2v) is 5.55. The molecule has 0 saturated carbocycles. The Labute approximate surface area is 132 Å². The molecule has 5 heteroatoms. The van der Waals surface area contributed by atoms with E-state index in [1.807, 2.05) is 37.3 Å². The van der Waals surface area contributed by atoms with Crippen molar-refractivity contribution in [3.63, 3.8) is 0 Å². The van der Waals surface area contributed by atoms with Crippen LogP contribution in [0.3, 0.4) is 0 Å². The Balaban J connectivity index is 2.23. The molecule has 0 atom stereocenters. The van der Waals surface area contributed by atoms with Crippen LogP contribution < -0.4 is 11.1 Å². The molecule has 3 N–H and O–H groups in total. The van der Waals surface area contributed by atoms with Crippen LogP contribution in [0.5, 0.6) is 0 Å². The fourth-order valence-electron chi connectivity index (χ4n) is 2.02. The predicted octanol–water partition coefficient (Wildman–Crippen LogP) is 3.74. The molecule has 0 bridgehead atoms. The molecule has 0 spiro atoms. The molecule has 0 aliphatic carbocycles. The van der Waals surface area contributed by atoms with Crippen LogP contribution in [0, 0.1) is 6.92 Å². The average Bonchev–Trinajstić information content (AvgIpc) is 2.48. The number of carbonyl (C=O) groups is 1. The number of carbonyl (C=O) groups excluding carboxylic acids is 1. The van der Waals surface area contributed by atoms with Gasteiger partial charge in [0.15, 0.2) is 0 Å². The van der Waals surface area contributed by atoms with Crippen molar-refractivity contribution in [1.82, 2.24) is 0 Å². The van der Waals surface area contributed by atoms with E-state index in [0.29, 0.717) is 17.8 Å². The minimum absolute atomic E-state index is 0.382. The lowest BCUT2D eigenvalue weighted by Gasteiger charge is -2.13. The molecule has 2 rings (SSSR count). The minimum atomic E-state index is -0.430. The maximum absolute atomic E-state index is 11.7. The van der Waals surface area contributed by atoms with Gasteiger partial charge in [-0.05, 0) is 36.2 Å². The van der Waals surface area contributed by atoms with Crippen LogP contribution >= 0.6 is 15.9 Å². The van der Waals surface area contributed by atoms with Gasteiger partial charge >= 0.3 is 5.97 Å². The topological polar surface area (TPSA) is 64.3 Å². The summed E-state index contributed by atoms with van der Waals surface area (Å²) in [6, 6.07) is 11.6. The van der Waals surface area contributed by atoms with Crippen LogP contribution in [0.4, 0.5) is 11.4 Å². The molecular weight excluding hydrogens is 332 g/mol. The molecule has 0 aromatic heterocycles. The standard InChI is InChI=1S/C16H17BrN2O2/c1-10-7-12(8-13(15(10)18)16(20)21-2)19-9-11-5-3-4-6-14(11)17/h3-8,19H,9,18H2,1-2H3. The maximum atomic E-state index is 11.7. The summed E-state index contributed by atoms with van der Waals surface area (Å²) >= 11 is 3.51. The van der Waals surface area contributed by atoms with Gasteiger partial charge < -0.3 is 15.8 Å². The number of benzene rings is 2. The fourth-order valence-corrected chi connectivity index (χ4v) is 2.44. The molecule has 0 unspecified atom stereocenters. The van der Waals surface area contributed by atoms with Crippen molar-refractivity contribution < 1.29 is 9.53 Å². The largest absolute Gasteiger partial charge is 0.465 e. The molecule has 0 aliphatic heterocycles. The Morgan fingerprint density at radius 3 is 2.71 bits per heavy atom. The number of nitrogens with one attached hydrogen (secondary N) is 1. The maximum Gasteiger partial charge on any atom is 0.340 e. The summed E-state index contributed by atoms with van der Waals surface area (Å²) in [5.74, 6) is -0.430. The second kappa shape index (κ2) is 6.63. The summed E-state index contributed by atoms with van der Waals surface area (Å²) in [5.41, 5.74) is 9.56. The summed E-state index contributed by atoms with van der Waals surface area (Å²) in [4.78, 5) is 11.7. The smallest absolute Gasteiger partial charge is 0.340 e. The van der Waals surface area contributed by atoms with Crippen molar-refractivity contribution >= 4 is 33.3 Å². The SMILES string of the molecule is COC(=O)c1cc(NCc2ccccc2Br)cc(C)c1N. The molecule has 0 heterocycles. The Kier molecular flexibility index (Phi) is 4.85. The van der Waals surface area contributed by atoms with E-state index in [2.05, 4.69) is 21.2 Å². The highest BCUT2D eigenvalue weighted by Gasteiger charge is 2.13. The molecule has 2 aromatic carbocycles. The van der Waals surface area contributed by atoms with E-state index < -0.39 is 5.97 Å². The van der Waals surface area contributed by atoms with E-state index in [1.165, 1.54) is 7.11 Å². The first-order chi connectivity index (χ1) is 10.0.